The molecular formula is C20H37N5O5. The van der Waals surface area contributed by atoms with E-state index >= 15 is 0 Å². The van der Waals surface area contributed by atoms with Crippen LogP contribution in [0.4, 0.5) is 0 Å². The summed E-state index contributed by atoms with van der Waals surface area (Å²) in [6.07, 6.45) is 3.28. The monoisotopic (exact) mass is 427 g/mol. The summed E-state index contributed by atoms with van der Waals surface area (Å²) in [4.78, 5) is 51.0. The maximum atomic E-state index is 12.9. The van der Waals surface area contributed by atoms with Crippen molar-refractivity contribution in [3.05, 3.63) is 0 Å². The van der Waals surface area contributed by atoms with E-state index in [9.17, 15) is 24.3 Å². The van der Waals surface area contributed by atoms with Gasteiger partial charge in [-0.25, -0.2) is 4.79 Å². The van der Waals surface area contributed by atoms with Crippen LogP contribution in [0.2, 0.25) is 0 Å². The van der Waals surface area contributed by atoms with Gasteiger partial charge in [-0.1, -0.05) is 20.3 Å². The summed E-state index contributed by atoms with van der Waals surface area (Å²) < 4.78 is 0. The van der Waals surface area contributed by atoms with Crippen molar-refractivity contribution in [3.8, 4) is 0 Å². The first-order valence-electron chi connectivity index (χ1n) is 10.7. The summed E-state index contributed by atoms with van der Waals surface area (Å²) in [6, 6.07) is -3.33. The standard InChI is InChI=1S/C20H37N5O5/c1-4-12(2)16(18(27)23-14(20(29)30)8-5-6-10-21)24-17(26)15-9-7-11-25(15)19(28)13(3)22/h12-16H,4-11,21-22H2,1-3H3,(H,23,27)(H,24,26)(H,29,30). The highest BCUT2D eigenvalue weighted by Gasteiger charge is 2.38. The molecule has 5 atom stereocenters. The molecule has 7 N–H and O–H groups in total. The zero-order valence-electron chi connectivity index (χ0n) is 18.2. The molecular weight excluding hydrogens is 390 g/mol. The average Bonchev–Trinajstić information content (AvgIpc) is 3.19. The minimum Gasteiger partial charge on any atom is -0.480 e. The second-order valence-corrected chi connectivity index (χ2v) is 8.03. The van der Waals surface area contributed by atoms with E-state index in [0.717, 1.165) is 0 Å². The molecule has 0 bridgehead atoms. The molecule has 1 aliphatic heterocycles. The van der Waals surface area contributed by atoms with Gasteiger partial charge in [-0.2, -0.15) is 0 Å². The number of hydrogen-bond acceptors (Lipinski definition) is 6. The molecule has 0 radical (unpaired) electrons. The molecule has 0 saturated carbocycles. The van der Waals surface area contributed by atoms with Crippen LogP contribution in [0.5, 0.6) is 0 Å². The predicted octanol–water partition coefficient (Wildman–Crippen LogP) is -0.446. The first kappa shape index (κ1) is 25.8. The molecule has 1 saturated heterocycles. The van der Waals surface area contributed by atoms with Crippen molar-refractivity contribution in [3.63, 3.8) is 0 Å². The Bertz CT molecular complexity index is 612. The minimum atomic E-state index is -1.13. The van der Waals surface area contributed by atoms with Gasteiger partial charge in [0.2, 0.25) is 17.7 Å². The summed E-state index contributed by atoms with van der Waals surface area (Å²) in [7, 11) is 0. The van der Waals surface area contributed by atoms with E-state index in [4.69, 9.17) is 11.5 Å². The lowest BCUT2D eigenvalue weighted by Crippen LogP contribution is -2.58. The number of nitrogens with zero attached hydrogens (tertiary/aromatic N) is 1. The SMILES string of the molecule is CCC(C)C(NC(=O)C1CCCN1C(=O)C(C)N)C(=O)NC(CCCCN)C(=O)O. The van der Waals surface area contributed by atoms with Crippen LogP contribution in [0.1, 0.15) is 59.3 Å². The third-order valence-electron chi connectivity index (χ3n) is 5.58. The molecule has 3 amide bonds. The van der Waals surface area contributed by atoms with E-state index in [-0.39, 0.29) is 18.2 Å². The molecule has 10 heteroatoms. The Morgan fingerprint density at radius 1 is 1.17 bits per heavy atom. The molecule has 172 valence electrons. The van der Waals surface area contributed by atoms with Gasteiger partial charge in [-0.05, 0) is 51.5 Å². The zero-order valence-corrected chi connectivity index (χ0v) is 18.2. The van der Waals surface area contributed by atoms with E-state index in [1.165, 1.54) is 4.90 Å². The quantitative estimate of drug-likeness (QED) is 0.263. The number of hydrogen-bond donors (Lipinski definition) is 5. The molecule has 5 unspecified atom stereocenters. The molecule has 30 heavy (non-hydrogen) atoms. The number of carboxylic acid groups (broad SMARTS) is 1. The van der Waals surface area contributed by atoms with E-state index in [0.29, 0.717) is 45.2 Å². The number of rotatable bonds is 12. The van der Waals surface area contributed by atoms with Crippen molar-refractivity contribution >= 4 is 23.7 Å². The fourth-order valence-electron chi connectivity index (χ4n) is 3.53. The smallest absolute Gasteiger partial charge is 0.326 e. The summed E-state index contributed by atoms with van der Waals surface area (Å²) in [6.45, 7) is 6.16. The van der Waals surface area contributed by atoms with Crippen LogP contribution in [0.25, 0.3) is 0 Å². The first-order valence-corrected chi connectivity index (χ1v) is 10.7. The molecule has 1 heterocycles. The second-order valence-electron chi connectivity index (χ2n) is 8.03. The number of nitrogens with one attached hydrogen (secondary N) is 2. The number of carboxylic acids is 1. The number of carbonyl (C=O) groups is 4. The Morgan fingerprint density at radius 2 is 1.83 bits per heavy atom. The van der Waals surface area contributed by atoms with Gasteiger partial charge in [0.25, 0.3) is 0 Å². The lowest BCUT2D eigenvalue weighted by Gasteiger charge is -2.30. The van der Waals surface area contributed by atoms with Crippen LogP contribution < -0.4 is 22.1 Å². The summed E-state index contributed by atoms with van der Waals surface area (Å²) >= 11 is 0. The Hall–Kier alpha value is -2.20. The van der Waals surface area contributed by atoms with E-state index < -0.39 is 42.0 Å². The van der Waals surface area contributed by atoms with Gasteiger partial charge >= 0.3 is 5.97 Å². The van der Waals surface area contributed by atoms with Gasteiger partial charge in [0.15, 0.2) is 0 Å². The number of nitrogens with two attached hydrogens (primary N) is 2. The van der Waals surface area contributed by atoms with Crippen molar-refractivity contribution < 1.29 is 24.3 Å². The second kappa shape index (κ2) is 12.5. The van der Waals surface area contributed by atoms with Crippen LogP contribution in [-0.2, 0) is 19.2 Å². The fraction of sp³-hybridized carbons (Fsp3) is 0.800. The van der Waals surface area contributed by atoms with Crippen molar-refractivity contribution in [1.29, 1.82) is 0 Å². The third-order valence-corrected chi connectivity index (χ3v) is 5.58. The van der Waals surface area contributed by atoms with Crippen LogP contribution in [0.3, 0.4) is 0 Å². The van der Waals surface area contributed by atoms with Crippen LogP contribution in [0.15, 0.2) is 0 Å². The average molecular weight is 428 g/mol. The number of aliphatic carboxylic acids is 1. The normalized spacial score (nSPS) is 20.2. The molecule has 1 rings (SSSR count). The van der Waals surface area contributed by atoms with Crippen LogP contribution in [-0.4, -0.2) is 71.0 Å². The Morgan fingerprint density at radius 3 is 2.37 bits per heavy atom. The number of amides is 3. The van der Waals surface area contributed by atoms with Crippen LogP contribution in [0, 0.1) is 5.92 Å². The number of unbranched alkanes of at least 4 members (excludes halogenated alkanes) is 1. The highest BCUT2D eigenvalue weighted by molar-refractivity contribution is 5.94. The van der Waals surface area contributed by atoms with Crippen molar-refractivity contribution in [2.75, 3.05) is 13.1 Å². The van der Waals surface area contributed by atoms with Gasteiger partial charge in [-0.15, -0.1) is 0 Å². The molecule has 0 aromatic rings. The molecule has 10 nitrogen and oxygen atoms in total. The molecule has 0 aromatic heterocycles. The van der Waals surface area contributed by atoms with Gasteiger partial charge in [0.1, 0.15) is 18.1 Å². The largest absolute Gasteiger partial charge is 0.480 e. The highest BCUT2D eigenvalue weighted by Crippen LogP contribution is 2.19. The van der Waals surface area contributed by atoms with Crippen molar-refractivity contribution in [1.82, 2.24) is 15.5 Å². The maximum absolute atomic E-state index is 12.9. The molecule has 0 spiro atoms. The Balaban J connectivity index is 2.87. The van der Waals surface area contributed by atoms with E-state index in [2.05, 4.69) is 10.6 Å². The summed E-state index contributed by atoms with van der Waals surface area (Å²) in [5, 5.41) is 14.7. The van der Waals surface area contributed by atoms with Gasteiger partial charge in [0, 0.05) is 6.54 Å². The fourth-order valence-corrected chi connectivity index (χ4v) is 3.53. The van der Waals surface area contributed by atoms with Crippen LogP contribution >= 0.6 is 0 Å². The van der Waals surface area contributed by atoms with E-state index in [1.54, 1.807) is 6.92 Å². The minimum absolute atomic E-state index is 0.216. The summed E-state index contributed by atoms with van der Waals surface area (Å²) in [5.74, 6) is -2.61. The lowest BCUT2D eigenvalue weighted by atomic mass is 9.97. The van der Waals surface area contributed by atoms with Gasteiger partial charge in [0.05, 0.1) is 6.04 Å². The predicted molar refractivity (Wildman–Crippen MR) is 112 cm³/mol. The molecule has 1 aliphatic rings. The van der Waals surface area contributed by atoms with E-state index in [1.807, 2.05) is 13.8 Å². The third kappa shape index (κ3) is 7.24. The topological polar surface area (TPSA) is 168 Å². The molecule has 0 aliphatic carbocycles. The lowest BCUT2D eigenvalue weighted by molar-refractivity contribution is -0.143. The zero-order chi connectivity index (χ0) is 22.8. The number of likely N-dealkylation sites (tertiary alicyclic amines) is 1. The van der Waals surface area contributed by atoms with Gasteiger partial charge in [-0.3, -0.25) is 14.4 Å². The number of carbonyl (C=O) groups excluding carboxylic acids is 3. The maximum Gasteiger partial charge on any atom is 0.326 e. The first-order chi connectivity index (χ1) is 14.1. The molecule has 1 fully saturated rings. The molecule has 0 aromatic carbocycles. The highest BCUT2D eigenvalue weighted by atomic mass is 16.4. The van der Waals surface area contributed by atoms with Gasteiger partial charge < -0.3 is 32.1 Å². The van der Waals surface area contributed by atoms with Crippen molar-refractivity contribution in [2.45, 2.75) is 83.5 Å². The summed E-state index contributed by atoms with van der Waals surface area (Å²) in [5.41, 5.74) is 11.1. The Kier molecular flexibility index (Phi) is 10.8. The van der Waals surface area contributed by atoms with Crippen molar-refractivity contribution in [2.24, 2.45) is 17.4 Å². The Labute approximate surface area is 178 Å².